The standard InChI is InChI=1S/C12H20N4O2S/c1-4-19-8-7-9(2)14-12-10(16(17)18)5-6-11(13-3)15-12/h5-6,9H,4,7-8H2,1-3H3,(H2,13,14,15). The number of nitrogens with zero attached hydrogens (tertiary/aromatic N) is 2. The summed E-state index contributed by atoms with van der Waals surface area (Å²) in [4.78, 5) is 14.8. The molecule has 0 fully saturated rings. The second-order valence-corrected chi connectivity index (χ2v) is 5.50. The fourth-order valence-corrected chi connectivity index (χ4v) is 2.36. The minimum Gasteiger partial charge on any atom is -0.373 e. The minimum atomic E-state index is -0.414. The van der Waals surface area contributed by atoms with E-state index in [9.17, 15) is 10.1 Å². The summed E-state index contributed by atoms with van der Waals surface area (Å²) >= 11 is 1.86. The van der Waals surface area contributed by atoms with E-state index in [4.69, 9.17) is 0 Å². The van der Waals surface area contributed by atoms with E-state index in [2.05, 4.69) is 22.5 Å². The molecule has 0 radical (unpaired) electrons. The molecule has 0 aliphatic carbocycles. The molecule has 6 nitrogen and oxygen atoms in total. The Morgan fingerprint density at radius 3 is 2.84 bits per heavy atom. The number of rotatable bonds is 8. The molecule has 0 saturated heterocycles. The van der Waals surface area contributed by atoms with Crippen molar-refractivity contribution in [3.8, 4) is 0 Å². The number of nitro groups is 1. The lowest BCUT2D eigenvalue weighted by Crippen LogP contribution is -2.18. The van der Waals surface area contributed by atoms with Gasteiger partial charge in [-0.2, -0.15) is 11.8 Å². The molecule has 7 heteroatoms. The monoisotopic (exact) mass is 284 g/mol. The first-order chi connectivity index (χ1) is 9.08. The summed E-state index contributed by atoms with van der Waals surface area (Å²) in [7, 11) is 1.74. The van der Waals surface area contributed by atoms with Crippen LogP contribution in [0.1, 0.15) is 20.3 Å². The van der Waals surface area contributed by atoms with Crippen molar-refractivity contribution in [1.82, 2.24) is 4.98 Å². The second kappa shape index (κ2) is 7.83. The highest BCUT2D eigenvalue weighted by atomic mass is 32.2. The van der Waals surface area contributed by atoms with Crippen LogP contribution in [0.2, 0.25) is 0 Å². The zero-order valence-electron chi connectivity index (χ0n) is 11.5. The van der Waals surface area contributed by atoms with Gasteiger partial charge in [0.05, 0.1) is 4.92 Å². The summed E-state index contributed by atoms with van der Waals surface area (Å²) < 4.78 is 0. The molecular formula is C12H20N4O2S. The Balaban J connectivity index is 2.76. The normalized spacial score (nSPS) is 11.9. The van der Waals surface area contributed by atoms with Crippen LogP contribution in [0.4, 0.5) is 17.3 Å². The van der Waals surface area contributed by atoms with E-state index in [-0.39, 0.29) is 11.7 Å². The molecule has 0 bridgehead atoms. The Bertz CT molecular complexity index is 428. The lowest BCUT2D eigenvalue weighted by molar-refractivity contribution is -0.384. The Morgan fingerprint density at radius 2 is 2.26 bits per heavy atom. The maximum absolute atomic E-state index is 11.0. The quantitative estimate of drug-likeness (QED) is 0.434. The van der Waals surface area contributed by atoms with E-state index < -0.39 is 4.92 Å². The van der Waals surface area contributed by atoms with Crippen molar-refractivity contribution in [3.05, 3.63) is 22.2 Å². The van der Waals surface area contributed by atoms with Gasteiger partial charge in [0.1, 0.15) is 5.82 Å². The third-order valence-electron chi connectivity index (χ3n) is 2.61. The predicted octanol–water partition coefficient (Wildman–Crippen LogP) is 2.98. The highest BCUT2D eigenvalue weighted by Crippen LogP contribution is 2.25. The van der Waals surface area contributed by atoms with Crippen molar-refractivity contribution in [2.24, 2.45) is 0 Å². The van der Waals surface area contributed by atoms with E-state index in [0.717, 1.165) is 17.9 Å². The number of thioether (sulfide) groups is 1. The number of nitrogens with one attached hydrogen (secondary N) is 2. The number of hydrogen-bond donors (Lipinski definition) is 2. The maximum atomic E-state index is 11.0. The smallest absolute Gasteiger partial charge is 0.311 e. The Morgan fingerprint density at radius 1 is 1.53 bits per heavy atom. The van der Waals surface area contributed by atoms with Gasteiger partial charge in [-0.1, -0.05) is 6.92 Å². The summed E-state index contributed by atoms with van der Waals surface area (Å²) in [5.41, 5.74) is 0.00833. The van der Waals surface area contributed by atoms with Crippen LogP contribution in [-0.2, 0) is 0 Å². The molecule has 1 unspecified atom stereocenters. The average molecular weight is 284 g/mol. The van der Waals surface area contributed by atoms with E-state index >= 15 is 0 Å². The van der Waals surface area contributed by atoms with Crippen molar-refractivity contribution in [2.75, 3.05) is 29.2 Å². The number of hydrogen-bond acceptors (Lipinski definition) is 6. The van der Waals surface area contributed by atoms with E-state index in [1.165, 1.54) is 6.07 Å². The molecule has 1 heterocycles. The van der Waals surface area contributed by atoms with Crippen LogP contribution < -0.4 is 10.6 Å². The number of pyridine rings is 1. The summed E-state index contributed by atoms with van der Waals surface area (Å²) in [6, 6.07) is 3.22. The number of aromatic nitrogens is 1. The molecule has 106 valence electrons. The number of anilines is 2. The van der Waals surface area contributed by atoms with Gasteiger partial charge in [-0.15, -0.1) is 0 Å². The van der Waals surface area contributed by atoms with Gasteiger partial charge in [0, 0.05) is 19.2 Å². The van der Waals surface area contributed by atoms with Crippen molar-refractivity contribution in [1.29, 1.82) is 0 Å². The third-order valence-corrected chi connectivity index (χ3v) is 3.54. The van der Waals surface area contributed by atoms with Crippen molar-refractivity contribution in [2.45, 2.75) is 26.3 Å². The maximum Gasteiger partial charge on any atom is 0.311 e. The van der Waals surface area contributed by atoms with Crippen LogP contribution >= 0.6 is 11.8 Å². The Kier molecular flexibility index (Phi) is 6.41. The first kappa shape index (κ1) is 15.6. The first-order valence-corrected chi connectivity index (χ1v) is 7.41. The first-order valence-electron chi connectivity index (χ1n) is 6.26. The lowest BCUT2D eigenvalue weighted by Gasteiger charge is -2.14. The van der Waals surface area contributed by atoms with Gasteiger partial charge in [0.15, 0.2) is 0 Å². The molecule has 1 aromatic rings. The van der Waals surface area contributed by atoms with Crippen LogP contribution in [-0.4, -0.2) is 34.5 Å². The highest BCUT2D eigenvalue weighted by molar-refractivity contribution is 7.99. The molecule has 19 heavy (non-hydrogen) atoms. The van der Waals surface area contributed by atoms with Gasteiger partial charge in [-0.3, -0.25) is 10.1 Å². The molecule has 2 N–H and O–H groups in total. The van der Waals surface area contributed by atoms with E-state index in [1.54, 1.807) is 13.1 Å². The van der Waals surface area contributed by atoms with Crippen LogP contribution in [0.15, 0.2) is 12.1 Å². The summed E-state index contributed by atoms with van der Waals surface area (Å²) in [6.45, 7) is 4.12. The summed E-state index contributed by atoms with van der Waals surface area (Å²) in [5, 5.41) is 17.0. The van der Waals surface area contributed by atoms with Crippen LogP contribution in [0.3, 0.4) is 0 Å². The van der Waals surface area contributed by atoms with E-state index in [1.807, 2.05) is 18.7 Å². The molecule has 0 spiro atoms. The molecule has 1 aromatic heterocycles. The summed E-state index contributed by atoms with van der Waals surface area (Å²) in [6.07, 6.45) is 0.946. The Hall–Kier alpha value is -1.50. The van der Waals surface area contributed by atoms with Crippen LogP contribution in [0.25, 0.3) is 0 Å². The van der Waals surface area contributed by atoms with Crippen LogP contribution in [0.5, 0.6) is 0 Å². The van der Waals surface area contributed by atoms with Gasteiger partial charge in [-0.05, 0) is 30.9 Å². The predicted molar refractivity (Wildman–Crippen MR) is 81.1 cm³/mol. The molecule has 0 amide bonds. The van der Waals surface area contributed by atoms with Gasteiger partial charge in [-0.25, -0.2) is 4.98 Å². The van der Waals surface area contributed by atoms with Gasteiger partial charge in [0.2, 0.25) is 5.82 Å². The lowest BCUT2D eigenvalue weighted by atomic mass is 10.2. The Labute approximate surface area is 117 Å². The SMILES string of the molecule is CCSCCC(C)Nc1nc(NC)ccc1[N+](=O)[O-]. The molecule has 0 saturated carbocycles. The highest BCUT2D eigenvalue weighted by Gasteiger charge is 2.17. The average Bonchev–Trinajstić information content (AvgIpc) is 2.38. The molecule has 1 rings (SSSR count). The summed E-state index contributed by atoms with van der Waals surface area (Å²) in [5.74, 6) is 3.05. The van der Waals surface area contributed by atoms with Gasteiger partial charge in [0.25, 0.3) is 0 Å². The minimum absolute atomic E-state index is 0.00833. The molecule has 0 aliphatic heterocycles. The van der Waals surface area contributed by atoms with E-state index in [0.29, 0.717) is 11.6 Å². The zero-order valence-corrected chi connectivity index (χ0v) is 12.3. The fourth-order valence-electron chi connectivity index (χ4n) is 1.55. The van der Waals surface area contributed by atoms with Crippen molar-refractivity contribution in [3.63, 3.8) is 0 Å². The van der Waals surface area contributed by atoms with Gasteiger partial charge >= 0.3 is 5.69 Å². The second-order valence-electron chi connectivity index (χ2n) is 4.10. The van der Waals surface area contributed by atoms with Crippen molar-refractivity contribution >= 4 is 29.1 Å². The molecule has 0 aliphatic rings. The molecule has 0 aromatic carbocycles. The third kappa shape index (κ3) is 4.94. The fraction of sp³-hybridized carbons (Fsp3) is 0.583. The van der Waals surface area contributed by atoms with Crippen molar-refractivity contribution < 1.29 is 4.92 Å². The molecular weight excluding hydrogens is 264 g/mol. The van der Waals surface area contributed by atoms with Crippen LogP contribution in [0, 0.1) is 10.1 Å². The molecule has 1 atom stereocenters. The largest absolute Gasteiger partial charge is 0.373 e. The topological polar surface area (TPSA) is 80.1 Å². The van der Waals surface area contributed by atoms with Gasteiger partial charge < -0.3 is 10.6 Å². The zero-order chi connectivity index (χ0) is 14.3.